The fraction of sp³-hybridized carbons (Fsp3) is 0.462. The van der Waals surface area contributed by atoms with Gasteiger partial charge in [0.25, 0.3) is 5.91 Å². The van der Waals surface area contributed by atoms with Crippen molar-refractivity contribution in [1.82, 2.24) is 5.32 Å². The quantitative estimate of drug-likeness (QED) is 0.751. The highest BCUT2D eigenvalue weighted by molar-refractivity contribution is 9.10. The molecule has 0 radical (unpaired) electrons. The van der Waals surface area contributed by atoms with Crippen LogP contribution in [0.25, 0.3) is 0 Å². The van der Waals surface area contributed by atoms with E-state index in [1.54, 1.807) is 18.2 Å². The van der Waals surface area contributed by atoms with Gasteiger partial charge in [-0.15, -0.1) is 11.6 Å². The van der Waals surface area contributed by atoms with E-state index >= 15 is 0 Å². The van der Waals surface area contributed by atoms with Gasteiger partial charge < -0.3 is 5.32 Å². The topological polar surface area (TPSA) is 29.1 Å². The van der Waals surface area contributed by atoms with Crippen LogP contribution in [-0.4, -0.2) is 18.3 Å². The predicted molar refractivity (Wildman–Crippen MR) is 80.6 cm³/mol. The van der Waals surface area contributed by atoms with Gasteiger partial charge >= 0.3 is 0 Å². The maximum Gasteiger partial charge on any atom is 0.251 e. The van der Waals surface area contributed by atoms with Crippen molar-refractivity contribution in [2.24, 2.45) is 5.92 Å². The largest absolute Gasteiger partial charge is 0.352 e. The highest BCUT2D eigenvalue weighted by Gasteiger charge is 2.10. The smallest absolute Gasteiger partial charge is 0.251 e. The molecule has 0 saturated carbocycles. The molecule has 1 N–H and O–H groups in total. The number of benzene rings is 1. The van der Waals surface area contributed by atoms with Gasteiger partial charge in [0, 0.05) is 27.5 Å². The molecular weight excluding hydrogens is 337 g/mol. The summed E-state index contributed by atoms with van der Waals surface area (Å²) in [6.45, 7) is 2.74. The Bertz CT molecular complexity index is 392. The van der Waals surface area contributed by atoms with Gasteiger partial charge in [-0.2, -0.15) is 0 Å². The summed E-state index contributed by atoms with van der Waals surface area (Å²) < 4.78 is 0.799. The Morgan fingerprint density at radius 3 is 2.72 bits per heavy atom. The van der Waals surface area contributed by atoms with Crippen LogP contribution in [0.3, 0.4) is 0 Å². The molecule has 0 fully saturated rings. The first-order valence-corrected chi connectivity index (χ1v) is 7.57. The van der Waals surface area contributed by atoms with Crippen LogP contribution < -0.4 is 5.32 Å². The average molecular weight is 353 g/mol. The van der Waals surface area contributed by atoms with Gasteiger partial charge in [0.1, 0.15) is 0 Å². The molecule has 1 aromatic rings. The number of carbonyl (C=O) groups excluding carboxylic acids is 1. The first kappa shape index (κ1) is 15.8. The molecule has 0 aliphatic rings. The van der Waals surface area contributed by atoms with Crippen LogP contribution in [0.2, 0.25) is 5.02 Å². The summed E-state index contributed by atoms with van der Waals surface area (Å²) in [5, 5.41) is 3.46. The lowest BCUT2D eigenvalue weighted by Gasteiger charge is -2.14. The van der Waals surface area contributed by atoms with Crippen molar-refractivity contribution in [2.45, 2.75) is 19.8 Å². The second kappa shape index (κ2) is 8.03. The van der Waals surface area contributed by atoms with Crippen molar-refractivity contribution in [1.29, 1.82) is 0 Å². The van der Waals surface area contributed by atoms with Gasteiger partial charge in [0.15, 0.2) is 0 Å². The zero-order chi connectivity index (χ0) is 13.5. The number of carbonyl (C=O) groups is 1. The van der Waals surface area contributed by atoms with Crippen LogP contribution in [0, 0.1) is 5.92 Å². The molecule has 0 bridgehead atoms. The van der Waals surface area contributed by atoms with Crippen LogP contribution in [0.4, 0.5) is 0 Å². The first-order chi connectivity index (χ1) is 8.56. The Morgan fingerprint density at radius 1 is 1.44 bits per heavy atom. The van der Waals surface area contributed by atoms with E-state index in [1.807, 2.05) is 0 Å². The third-order valence-corrected chi connectivity index (χ3v) is 3.67. The normalized spacial score (nSPS) is 12.2. The number of rotatable bonds is 6. The van der Waals surface area contributed by atoms with Gasteiger partial charge in [0.05, 0.1) is 0 Å². The van der Waals surface area contributed by atoms with Gasteiger partial charge in [-0.05, 0) is 30.5 Å². The van der Waals surface area contributed by atoms with E-state index in [4.69, 9.17) is 23.2 Å². The summed E-state index contributed by atoms with van der Waals surface area (Å²) in [6, 6.07) is 5.16. The Morgan fingerprint density at radius 2 is 2.17 bits per heavy atom. The average Bonchev–Trinajstić information content (AvgIpc) is 2.32. The van der Waals surface area contributed by atoms with E-state index in [2.05, 4.69) is 28.2 Å². The van der Waals surface area contributed by atoms with Crippen LogP contribution in [0.1, 0.15) is 30.1 Å². The summed E-state index contributed by atoms with van der Waals surface area (Å²) in [6.07, 6.45) is 1.92. The van der Waals surface area contributed by atoms with E-state index in [1.165, 1.54) is 0 Å². The molecule has 100 valence electrons. The lowest BCUT2D eigenvalue weighted by atomic mass is 10.0. The molecule has 1 unspecified atom stereocenters. The SMILES string of the molecule is CCC(CCCl)CNC(=O)c1cc(Cl)cc(Br)c1. The zero-order valence-corrected chi connectivity index (χ0v) is 13.3. The highest BCUT2D eigenvalue weighted by Crippen LogP contribution is 2.19. The molecule has 1 amide bonds. The molecule has 0 aliphatic carbocycles. The summed E-state index contributed by atoms with van der Waals surface area (Å²) in [5.74, 6) is 0.942. The summed E-state index contributed by atoms with van der Waals surface area (Å²) >= 11 is 14.9. The van der Waals surface area contributed by atoms with E-state index in [0.717, 1.165) is 17.3 Å². The number of alkyl halides is 1. The van der Waals surface area contributed by atoms with E-state index in [-0.39, 0.29) is 5.91 Å². The monoisotopic (exact) mass is 351 g/mol. The van der Waals surface area contributed by atoms with Crippen molar-refractivity contribution in [3.63, 3.8) is 0 Å². The zero-order valence-electron chi connectivity index (χ0n) is 10.2. The molecule has 0 aromatic heterocycles. The van der Waals surface area contributed by atoms with Crippen LogP contribution in [0.15, 0.2) is 22.7 Å². The van der Waals surface area contributed by atoms with Crippen LogP contribution >= 0.6 is 39.1 Å². The third kappa shape index (κ3) is 5.17. The molecule has 2 nitrogen and oxygen atoms in total. The summed E-state index contributed by atoms with van der Waals surface area (Å²) in [7, 11) is 0. The third-order valence-electron chi connectivity index (χ3n) is 2.77. The number of nitrogens with one attached hydrogen (secondary N) is 1. The Labute approximate surface area is 126 Å². The fourth-order valence-electron chi connectivity index (χ4n) is 1.63. The molecular formula is C13H16BrCl2NO. The number of hydrogen-bond acceptors (Lipinski definition) is 1. The van der Waals surface area contributed by atoms with Gasteiger partial charge in [-0.25, -0.2) is 0 Å². The Kier molecular flexibility index (Phi) is 7.05. The molecule has 0 saturated heterocycles. The second-order valence-corrected chi connectivity index (χ2v) is 5.85. The lowest BCUT2D eigenvalue weighted by molar-refractivity contribution is 0.0946. The van der Waals surface area contributed by atoms with Gasteiger partial charge in [0.2, 0.25) is 0 Å². The maximum atomic E-state index is 12.0. The fourth-order valence-corrected chi connectivity index (χ4v) is 2.80. The lowest BCUT2D eigenvalue weighted by Crippen LogP contribution is -2.29. The van der Waals surface area contributed by atoms with Gasteiger partial charge in [-0.3, -0.25) is 4.79 Å². The van der Waals surface area contributed by atoms with E-state index < -0.39 is 0 Å². The maximum absolute atomic E-state index is 12.0. The van der Waals surface area contributed by atoms with E-state index in [0.29, 0.717) is 28.9 Å². The number of hydrogen-bond donors (Lipinski definition) is 1. The minimum Gasteiger partial charge on any atom is -0.352 e. The first-order valence-electron chi connectivity index (χ1n) is 5.87. The molecule has 0 heterocycles. The van der Waals surface area contributed by atoms with Crippen LogP contribution in [0.5, 0.6) is 0 Å². The minimum absolute atomic E-state index is 0.105. The number of amides is 1. The van der Waals surface area contributed by atoms with Crippen molar-refractivity contribution < 1.29 is 4.79 Å². The summed E-state index contributed by atoms with van der Waals surface area (Å²) in [5.41, 5.74) is 0.565. The summed E-state index contributed by atoms with van der Waals surface area (Å²) in [4.78, 5) is 12.0. The Balaban J connectivity index is 2.59. The van der Waals surface area contributed by atoms with Crippen molar-refractivity contribution in [3.8, 4) is 0 Å². The van der Waals surface area contributed by atoms with Crippen molar-refractivity contribution >= 4 is 45.0 Å². The van der Waals surface area contributed by atoms with Crippen LogP contribution in [-0.2, 0) is 0 Å². The number of halogens is 3. The highest BCUT2D eigenvalue weighted by atomic mass is 79.9. The molecule has 1 rings (SSSR count). The molecule has 0 aliphatic heterocycles. The minimum atomic E-state index is -0.105. The van der Waals surface area contributed by atoms with Gasteiger partial charge in [-0.1, -0.05) is 40.9 Å². The predicted octanol–water partition coefficient (Wildman–Crippen LogP) is 4.49. The standard InChI is InChI=1S/C13H16BrCl2NO/c1-2-9(3-4-15)8-17-13(18)10-5-11(14)7-12(16)6-10/h5-7,9H,2-4,8H2,1H3,(H,17,18). The van der Waals surface area contributed by atoms with E-state index in [9.17, 15) is 4.79 Å². The molecule has 0 spiro atoms. The molecule has 18 heavy (non-hydrogen) atoms. The Hall–Kier alpha value is -0.250. The molecule has 5 heteroatoms. The molecule has 1 aromatic carbocycles. The second-order valence-electron chi connectivity index (χ2n) is 4.12. The van der Waals surface area contributed by atoms with Crippen molar-refractivity contribution in [3.05, 3.63) is 33.3 Å². The molecule has 1 atom stereocenters. The van der Waals surface area contributed by atoms with Crippen molar-refractivity contribution in [2.75, 3.05) is 12.4 Å².